The van der Waals surface area contributed by atoms with Gasteiger partial charge >= 0.3 is 0 Å². The number of halogens is 1. The van der Waals surface area contributed by atoms with Crippen molar-refractivity contribution in [3.05, 3.63) is 58.6 Å². The Kier molecular flexibility index (Phi) is 8.74. The van der Waals surface area contributed by atoms with Gasteiger partial charge < -0.3 is 15.4 Å². The molecule has 1 aliphatic rings. The Labute approximate surface area is 199 Å². The maximum absolute atomic E-state index is 12.6. The van der Waals surface area contributed by atoms with Gasteiger partial charge in [-0.05, 0) is 55.2 Å². The summed E-state index contributed by atoms with van der Waals surface area (Å²) < 4.78 is 30.4. The van der Waals surface area contributed by atoms with E-state index in [1.807, 2.05) is 0 Å². The third-order valence-electron chi connectivity index (χ3n) is 5.68. The monoisotopic (exact) mass is 492 g/mol. The molecule has 2 aromatic rings. The smallest absolute Gasteiger partial charge is 0.255 e. The number of sulfone groups is 1. The van der Waals surface area contributed by atoms with Crippen LogP contribution in [0.25, 0.3) is 0 Å². The summed E-state index contributed by atoms with van der Waals surface area (Å²) in [7, 11) is -2.24. The van der Waals surface area contributed by atoms with Gasteiger partial charge in [-0.3, -0.25) is 9.59 Å². The summed E-state index contributed by atoms with van der Waals surface area (Å²) in [6.45, 7) is 0.352. The predicted molar refractivity (Wildman–Crippen MR) is 128 cm³/mol. The first kappa shape index (κ1) is 25.1. The van der Waals surface area contributed by atoms with Crippen LogP contribution in [-0.2, 0) is 21.1 Å². The number of hydrogen-bond donors (Lipinski definition) is 2. The summed E-state index contributed by atoms with van der Waals surface area (Å²) in [6.07, 6.45) is 5.60. The molecule has 3 rings (SSSR count). The highest BCUT2D eigenvalue weighted by molar-refractivity contribution is 7.92. The molecule has 2 amide bonds. The molecule has 0 radical (unpaired) electrons. The van der Waals surface area contributed by atoms with Crippen LogP contribution >= 0.6 is 11.6 Å². The van der Waals surface area contributed by atoms with E-state index in [1.165, 1.54) is 19.2 Å². The number of methoxy groups -OCH3 is 1. The number of amides is 2. The highest BCUT2D eigenvalue weighted by Crippen LogP contribution is 2.22. The van der Waals surface area contributed by atoms with Crippen molar-refractivity contribution in [2.75, 3.05) is 19.4 Å². The van der Waals surface area contributed by atoms with Crippen LogP contribution in [-0.4, -0.2) is 45.7 Å². The minimum absolute atomic E-state index is 0.0749. The van der Waals surface area contributed by atoms with E-state index in [-0.39, 0.29) is 16.8 Å². The van der Waals surface area contributed by atoms with Gasteiger partial charge in [0, 0.05) is 17.6 Å². The fourth-order valence-electron chi connectivity index (χ4n) is 3.91. The second kappa shape index (κ2) is 11.5. The van der Waals surface area contributed by atoms with Gasteiger partial charge in [0.05, 0.1) is 17.6 Å². The van der Waals surface area contributed by atoms with Crippen LogP contribution in [0.15, 0.2) is 47.4 Å². The van der Waals surface area contributed by atoms with E-state index in [4.69, 9.17) is 16.3 Å². The van der Waals surface area contributed by atoms with Crippen molar-refractivity contribution in [1.29, 1.82) is 0 Å². The molecule has 178 valence electrons. The quantitative estimate of drug-likeness (QED) is 0.557. The molecule has 9 heteroatoms. The molecule has 7 nitrogen and oxygen atoms in total. The molecule has 1 fully saturated rings. The summed E-state index contributed by atoms with van der Waals surface area (Å²) in [6, 6.07) is 11.3. The van der Waals surface area contributed by atoms with Crippen LogP contribution in [0.1, 0.15) is 48.0 Å². The lowest BCUT2D eigenvalue weighted by atomic mass is 9.95. The molecule has 0 aromatic heterocycles. The number of ether oxygens (including phenoxy) is 1. The molecule has 0 spiro atoms. The minimum atomic E-state index is -3.72. The fraction of sp³-hybridized carbons (Fsp3) is 0.417. The highest BCUT2D eigenvalue weighted by atomic mass is 35.5. The maximum Gasteiger partial charge on any atom is 0.255 e. The molecular weight excluding hydrogens is 464 g/mol. The Bertz CT molecular complexity index is 1080. The van der Waals surface area contributed by atoms with Crippen molar-refractivity contribution in [3.8, 4) is 5.75 Å². The van der Waals surface area contributed by atoms with Crippen LogP contribution in [0, 0.1) is 0 Å². The van der Waals surface area contributed by atoms with E-state index in [0.29, 0.717) is 29.3 Å². The van der Waals surface area contributed by atoms with Crippen molar-refractivity contribution in [1.82, 2.24) is 10.6 Å². The van der Waals surface area contributed by atoms with Crippen LogP contribution in [0.2, 0.25) is 5.02 Å². The van der Waals surface area contributed by atoms with Crippen molar-refractivity contribution < 1.29 is 22.7 Å². The molecule has 33 heavy (non-hydrogen) atoms. The van der Waals surface area contributed by atoms with Gasteiger partial charge in [-0.2, -0.15) is 0 Å². The number of carbonyl (C=O) groups excluding carboxylic acids is 2. The van der Waals surface area contributed by atoms with E-state index in [0.717, 1.165) is 37.7 Å². The van der Waals surface area contributed by atoms with Crippen LogP contribution in [0.5, 0.6) is 5.75 Å². The van der Waals surface area contributed by atoms with E-state index in [1.54, 1.807) is 30.3 Å². The zero-order chi connectivity index (χ0) is 23.8. The van der Waals surface area contributed by atoms with E-state index >= 15 is 0 Å². The molecule has 0 bridgehead atoms. The van der Waals surface area contributed by atoms with E-state index in [9.17, 15) is 18.0 Å². The maximum atomic E-state index is 12.6. The normalized spacial score (nSPS) is 14.5. The Morgan fingerprint density at radius 2 is 1.76 bits per heavy atom. The van der Waals surface area contributed by atoms with E-state index in [2.05, 4.69) is 10.6 Å². The van der Waals surface area contributed by atoms with Crippen molar-refractivity contribution in [2.24, 2.45) is 0 Å². The van der Waals surface area contributed by atoms with Crippen LogP contribution in [0.4, 0.5) is 0 Å². The van der Waals surface area contributed by atoms with E-state index < -0.39 is 21.5 Å². The first-order valence-electron chi connectivity index (χ1n) is 11.0. The van der Waals surface area contributed by atoms with Crippen molar-refractivity contribution in [3.63, 3.8) is 0 Å². The third-order valence-corrected chi connectivity index (χ3v) is 7.55. The second-order valence-corrected chi connectivity index (χ2v) is 10.6. The topological polar surface area (TPSA) is 102 Å². The molecule has 0 saturated heterocycles. The van der Waals surface area contributed by atoms with Crippen LogP contribution < -0.4 is 15.4 Å². The number of rotatable bonds is 9. The number of carbonyl (C=O) groups is 2. The summed E-state index contributed by atoms with van der Waals surface area (Å²) >= 11 is 5.97. The molecule has 0 aliphatic heterocycles. The summed E-state index contributed by atoms with van der Waals surface area (Å²) in [4.78, 5) is 24.7. The van der Waals surface area contributed by atoms with Crippen molar-refractivity contribution >= 4 is 33.3 Å². The lowest BCUT2D eigenvalue weighted by Crippen LogP contribution is -2.39. The average Bonchev–Trinajstić information content (AvgIpc) is 2.79. The zero-order valence-electron chi connectivity index (χ0n) is 18.6. The number of hydrogen-bond acceptors (Lipinski definition) is 5. The zero-order valence-corrected chi connectivity index (χ0v) is 20.2. The standard InChI is InChI=1S/C24H29ClN2O5S/c1-32-22-12-9-18(25)15-21(22)24(29)26-14-13-17-7-10-20(11-8-17)33(30,31)16-23(28)27-19-5-3-2-4-6-19/h7-12,15,19H,2-6,13-14,16H2,1H3,(H,26,29)(H,27,28). The summed E-state index contributed by atoms with van der Waals surface area (Å²) in [5.41, 5.74) is 1.21. The molecule has 1 aliphatic carbocycles. The highest BCUT2D eigenvalue weighted by Gasteiger charge is 2.22. The molecule has 1 saturated carbocycles. The number of nitrogens with one attached hydrogen (secondary N) is 2. The predicted octanol–water partition coefficient (Wildman–Crippen LogP) is 3.54. The Morgan fingerprint density at radius 1 is 1.06 bits per heavy atom. The van der Waals surface area contributed by atoms with Crippen molar-refractivity contribution in [2.45, 2.75) is 49.5 Å². The molecular formula is C24H29ClN2O5S. The molecule has 0 atom stereocenters. The first-order chi connectivity index (χ1) is 15.8. The second-order valence-electron chi connectivity index (χ2n) is 8.16. The number of benzene rings is 2. The largest absolute Gasteiger partial charge is 0.496 e. The van der Waals surface area contributed by atoms with Gasteiger partial charge in [0.1, 0.15) is 11.5 Å². The Balaban J connectivity index is 1.51. The average molecular weight is 493 g/mol. The van der Waals surface area contributed by atoms with Gasteiger partial charge in [0.25, 0.3) is 5.91 Å². The molecule has 0 unspecified atom stereocenters. The molecule has 0 heterocycles. The Morgan fingerprint density at radius 3 is 2.42 bits per heavy atom. The van der Waals surface area contributed by atoms with Gasteiger partial charge in [-0.15, -0.1) is 0 Å². The van der Waals surface area contributed by atoms with Crippen LogP contribution in [0.3, 0.4) is 0 Å². The van der Waals surface area contributed by atoms with Gasteiger partial charge in [-0.25, -0.2) is 8.42 Å². The first-order valence-corrected chi connectivity index (χ1v) is 13.0. The van der Waals surface area contributed by atoms with Gasteiger partial charge in [0.15, 0.2) is 9.84 Å². The molecule has 2 N–H and O–H groups in total. The Hall–Kier alpha value is -2.58. The summed E-state index contributed by atoms with van der Waals surface area (Å²) in [5, 5.41) is 6.09. The summed E-state index contributed by atoms with van der Waals surface area (Å²) in [5.74, 6) is -0.887. The lowest BCUT2D eigenvalue weighted by Gasteiger charge is -2.22. The van der Waals surface area contributed by atoms with Gasteiger partial charge in [0.2, 0.25) is 5.91 Å². The van der Waals surface area contributed by atoms with Gasteiger partial charge in [-0.1, -0.05) is 43.0 Å². The third kappa shape index (κ3) is 7.20. The molecule has 2 aromatic carbocycles. The lowest BCUT2D eigenvalue weighted by molar-refractivity contribution is -0.119. The SMILES string of the molecule is COc1ccc(Cl)cc1C(=O)NCCc1ccc(S(=O)(=O)CC(=O)NC2CCCCC2)cc1. The fourth-order valence-corrected chi connectivity index (χ4v) is 5.23. The minimum Gasteiger partial charge on any atom is -0.496 e.